The van der Waals surface area contributed by atoms with Gasteiger partial charge in [0.1, 0.15) is 11.2 Å². The first kappa shape index (κ1) is 32.7. The Morgan fingerprint density at radius 1 is 0.463 bits per heavy atom. The van der Waals surface area contributed by atoms with Crippen LogP contribution in [0, 0.1) is 0 Å². The van der Waals surface area contributed by atoms with Crippen LogP contribution in [-0.2, 0) is 6.54 Å². The van der Waals surface area contributed by atoms with Crippen LogP contribution in [0.25, 0.3) is 66.1 Å². The van der Waals surface area contributed by atoms with Gasteiger partial charge in [0.15, 0.2) is 11.7 Å². The highest BCUT2D eigenvalue weighted by Crippen LogP contribution is 2.36. The maximum atomic E-state index is 6.39. The molecule has 0 spiro atoms. The summed E-state index contributed by atoms with van der Waals surface area (Å²) in [6, 6.07) is 65.1. The molecule has 0 aliphatic heterocycles. The third-order valence-electron chi connectivity index (χ3n) is 9.90. The zero-order valence-electron chi connectivity index (χ0n) is 29.6. The molecule has 0 radical (unpaired) electrons. The second kappa shape index (κ2) is 14.5. The lowest BCUT2D eigenvalue weighted by molar-refractivity contribution is 0.669. The molecule has 4 heteroatoms. The van der Waals surface area contributed by atoms with Crippen molar-refractivity contribution in [2.45, 2.75) is 6.54 Å². The van der Waals surface area contributed by atoms with E-state index in [-0.39, 0.29) is 0 Å². The number of amidine groups is 2. The van der Waals surface area contributed by atoms with Gasteiger partial charge in [0.25, 0.3) is 0 Å². The average molecular weight is 694 g/mol. The van der Waals surface area contributed by atoms with E-state index in [1.807, 2.05) is 36.4 Å². The molecule has 256 valence electrons. The van der Waals surface area contributed by atoms with E-state index in [9.17, 15) is 0 Å². The van der Waals surface area contributed by atoms with E-state index in [1.54, 1.807) is 0 Å². The summed E-state index contributed by atoms with van der Waals surface area (Å²) in [5.41, 5.74) is 11.2. The van der Waals surface area contributed by atoms with Gasteiger partial charge in [-0.05, 0) is 80.7 Å². The normalized spacial score (nSPS) is 12.1. The standard InChI is InChI=1S/C50H35N3O/c1-51-50(44-17-10-18-47-48(44)45-32-43(29-30-46(45)54-47)42-28-25-37-15-8-9-16-41(37)31-42)53-49(40-26-23-39(24-27-40)36-13-6-3-7-14-36)52-33-34-19-21-38(22-20-34)35-11-4-2-5-12-35/h2-32H,1,33H2/b52-49-,53-50-. The van der Waals surface area contributed by atoms with Crippen LogP contribution in [0.5, 0.6) is 0 Å². The first-order valence-electron chi connectivity index (χ1n) is 18.1. The van der Waals surface area contributed by atoms with E-state index in [0.29, 0.717) is 18.2 Å². The van der Waals surface area contributed by atoms with Gasteiger partial charge in [-0.25, -0.2) is 9.98 Å². The van der Waals surface area contributed by atoms with Crippen LogP contribution in [0.2, 0.25) is 0 Å². The minimum Gasteiger partial charge on any atom is -0.456 e. The Morgan fingerprint density at radius 2 is 1.06 bits per heavy atom. The molecule has 0 fully saturated rings. The van der Waals surface area contributed by atoms with E-state index in [1.165, 1.54) is 21.9 Å². The summed E-state index contributed by atoms with van der Waals surface area (Å²) in [7, 11) is 0. The third kappa shape index (κ3) is 6.53. The van der Waals surface area contributed by atoms with Crippen LogP contribution in [0.4, 0.5) is 0 Å². The van der Waals surface area contributed by atoms with Gasteiger partial charge in [0.05, 0.1) is 6.54 Å². The van der Waals surface area contributed by atoms with Crippen LogP contribution >= 0.6 is 0 Å². The van der Waals surface area contributed by atoms with Crippen LogP contribution in [-0.4, -0.2) is 18.4 Å². The molecule has 1 heterocycles. The van der Waals surface area contributed by atoms with Gasteiger partial charge in [-0.15, -0.1) is 0 Å². The van der Waals surface area contributed by atoms with Crippen molar-refractivity contribution in [2.24, 2.45) is 15.0 Å². The van der Waals surface area contributed by atoms with Gasteiger partial charge < -0.3 is 4.42 Å². The fourth-order valence-electron chi connectivity index (χ4n) is 7.08. The van der Waals surface area contributed by atoms with Gasteiger partial charge in [0.2, 0.25) is 0 Å². The molecule has 9 aromatic rings. The first-order valence-corrected chi connectivity index (χ1v) is 18.1. The molecule has 0 aliphatic rings. The van der Waals surface area contributed by atoms with Crippen molar-refractivity contribution >= 4 is 51.1 Å². The highest BCUT2D eigenvalue weighted by Gasteiger charge is 2.17. The second-order valence-electron chi connectivity index (χ2n) is 13.3. The Balaban J connectivity index is 1.13. The molecular weight excluding hydrogens is 659 g/mol. The lowest BCUT2D eigenvalue weighted by atomic mass is 9.98. The minimum absolute atomic E-state index is 0.451. The zero-order chi connectivity index (χ0) is 36.3. The summed E-state index contributed by atoms with van der Waals surface area (Å²) < 4.78 is 6.39. The van der Waals surface area contributed by atoms with Crippen molar-refractivity contribution < 1.29 is 4.42 Å². The van der Waals surface area contributed by atoms with Crippen LogP contribution < -0.4 is 0 Å². The number of hydrogen-bond donors (Lipinski definition) is 0. The summed E-state index contributed by atoms with van der Waals surface area (Å²) in [5.74, 6) is 1.05. The van der Waals surface area contributed by atoms with Crippen molar-refractivity contribution in [3.05, 3.63) is 205 Å². The smallest absolute Gasteiger partial charge is 0.161 e. The fourth-order valence-corrected chi connectivity index (χ4v) is 7.08. The minimum atomic E-state index is 0.451. The number of fused-ring (bicyclic) bond motifs is 4. The Morgan fingerprint density at radius 3 is 1.76 bits per heavy atom. The molecule has 0 atom stereocenters. The molecular formula is C50H35N3O. The molecule has 0 bridgehead atoms. The molecule has 54 heavy (non-hydrogen) atoms. The molecule has 4 nitrogen and oxygen atoms in total. The van der Waals surface area contributed by atoms with Crippen molar-refractivity contribution in [2.75, 3.05) is 0 Å². The Kier molecular flexibility index (Phi) is 8.76. The molecule has 0 saturated heterocycles. The van der Waals surface area contributed by atoms with Crippen LogP contribution in [0.15, 0.2) is 207 Å². The van der Waals surface area contributed by atoms with Crippen molar-refractivity contribution in [1.29, 1.82) is 0 Å². The predicted molar refractivity (Wildman–Crippen MR) is 227 cm³/mol. The maximum absolute atomic E-state index is 6.39. The summed E-state index contributed by atoms with van der Waals surface area (Å²) in [6.07, 6.45) is 0. The van der Waals surface area contributed by atoms with Crippen molar-refractivity contribution in [3.63, 3.8) is 0 Å². The average Bonchev–Trinajstić information content (AvgIpc) is 3.63. The largest absolute Gasteiger partial charge is 0.456 e. The first-order chi connectivity index (χ1) is 26.7. The summed E-state index contributed by atoms with van der Waals surface area (Å²) in [6.45, 7) is 4.44. The van der Waals surface area contributed by atoms with Gasteiger partial charge in [-0.2, -0.15) is 0 Å². The maximum Gasteiger partial charge on any atom is 0.161 e. The van der Waals surface area contributed by atoms with Gasteiger partial charge >= 0.3 is 0 Å². The van der Waals surface area contributed by atoms with Crippen molar-refractivity contribution in [1.82, 2.24) is 0 Å². The SMILES string of the molecule is C=N/C(=N\C(=N/Cc1ccc(-c2ccccc2)cc1)c1ccc(-c2ccccc2)cc1)c1cccc2oc3ccc(-c4ccc5ccccc5c4)cc3c12. The number of rotatable bonds is 7. The summed E-state index contributed by atoms with van der Waals surface area (Å²) in [4.78, 5) is 14.8. The molecule has 9 rings (SSSR count). The van der Waals surface area contributed by atoms with Crippen molar-refractivity contribution in [3.8, 4) is 33.4 Å². The highest BCUT2D eigenvalue weighted by atomic mass is 16.3. The Bertz CT molecular complexity index is 2830. The summed E-state index contributed by atoms with van der Waals surface area (Å²) in [5, 5.41) is 4.35. The molecule has 0 amide bonds. The van der Waals surface area contributed by atoms with Crippen LogP contribution in [0.3, 0.4) is 0 Å². The number of nitrogens with zero attached hydrogens (tertiary/aromatic N) is 3. The molecule has 1 aromatic heterocycles. The van der Waals surface area contributed by atoms with E-state index >= 15 is 0 Å². The number of furan rings is 1. The number of aliphatic imine (C=N–C) groups is 3. The summed E-state index contributed by atoms with van der Waals surface area (Å²) >= 11 is 0. The molecule has 8 aromatic carbocycles. The lowest BCUT2D eigenvalue weighted by Gasteiger charge is -2.09. The third-order valence-corrected chi connectivity index (χ3v) is 9.90. The van der Waals surface area contributed by atoms with E-state index in [0.717, 1.165) is 60.9 Å². The second-order valence-corrected chi connectivity index (χ2v) is 13.3. The molecule has 0 saturated carbocycles. The Labute approximate surface area is 314 Å². The van der Waals surface area contributed by atoms with E-state index in [4.69, 9.17) is 14.4 Å². The van der Waals surface area contributed by atoms with Gasteiger partial charge in [0, 0.05) is 21.9 Å². The van der Waals surface area contributed by atoms with Gasteiger partial charge in [-0.1, -0.05) is 164 Å². The van der Waals surface area contributed by atoms with E-state index < -0.39 is 0 Å². The quantitative estimate of drug-likeness (QED) is 0.121. The number of hydrogen-bond acceptors (Lipinski definition) is 2. The van der Waals surface area contributed by atoms with Gasteiger partial charge in [-0.3, -0.25) is 4.99 Å². The molecule has 0 unspecified atom stereocenters. The highest BCUT2D eigenvalue weighted by molar-refractivity contribution is 6.22. The monoisotopic (exact) mass is 693 g/mol. The molecule has 0 N–H and O–H groups in total. The van der Waals surface area contributed by atoms with Crippen LogP contribution in [0.1, 0.15) is 16.7 Å². The molecule has 0 aliphatic carbocycles. The Hall–Kier alpha value is -7.17. The number of benzene rings is 8. The lowest BCUT2D eigenvalue weighted by Crippen LogP contribution is -2.06. The van der Waals surface area contributed by atoms with E-state index in [2.05, 4.69) is 163 Å². The fraction of sp³-hybridized carbons (Fsp3) is 0.0200. The predicted octanol–water partition coefficient (Wildman–Crippen LogP) is 12.8. The zero-order valence-corrected chi connectivity index (χ0v) is 29.6. The topological polar surface area (TPSA) is 50.2 Å².